The summed E-state index contributed by atoms with van der Waals surface area (Å²) in [5.74, 6) is -0.524. The predicted octanol–water partition coefficient (Wildman–Crippen LogP) is 12.3. The molecule has 296 valence electrons. The van der Waals surface area contributed by atoms with Gasteiger partial charge < -0.3 is 20.6 Å². The number of carbonyl (C=O) groups is 1. The molecule has 5 nitrogen and oxygen atoms in total. The first-order chi connectivity index (χ1) is 25.1. The van der Waals surface area contributed by atoms with Crippen molar-refractivity contribution in [1.29, 1.82) is 0 Å². The van der Waals surface area contributed by atoms with Crippen molar-refractivity contribution in [3.8, 4) is 0 Å². The first-order valence-electron chi connectivity index (χ1n) is 21.6. The predicted molar refractivity (Wildman–Crippen MR) is 222 cm³/mol. The molecular formula is C46H83NO4. The second-order valence-corrected chi connectivity index (χ2v) is 14.5. The molecular weight excluding hydrogens is 631 g/mol. The molecule has 0 aromatic heterocycles. The molecule has 0 heterocycles. The van der Waals surface area contributed by atoms with E-state index in [4.69, 9.17) is 0 Å². The number of hydrogen-bond donors (Lipinski definition) is 4. The maximum absolute atomic E-state index is 12.4. The minimum Gasteiger partial charge on any atom is -0.394 e. The van der Waals surface area contributed by atoms with Gasteiger partial charge in [0.25, 0.3) is 0 Å². The number of aliphatic hydroxyl groups is 3. The Balaban J connectivity index is 3.66. The molecule has 5 heteroatoms. The van der Waals surface area contributed by atoms with E-state index in [0.29, 0.717) is 6.42 Å². The molecule has 0 aliphatic carbocycles. The zero-order valence-electron chi connectivity index (χ0n) is 33.5. The molecule has 1 amide bonds. The molecule has 0 radical (unpaired) electrons. The van der Waals surface area contributed by atoms with Crippen molar-refractivity contribution in [1.82, 2.24) is 5.32 Å². The maximum Gasteiger partial charge on any atom is 0.249 e. The van der Waals surface area contributed by atoms with Crippen LogP contribution in [0.3, 0.4) is 0 Å². The molecule has 0 aliphatic heterocycles. The highest BCUT2D eigenvalue weighted by atomic mass is 16.3. The van der Waals surface area contributed by atoms with Crippen molar-refractivity contribution in [2.24, 2.45) is 0 Å². The third kappa shape index (κ3) is 36.2. The summed E-state index contributed by atoms with van der Waals surface area (Å²) in [6.45, 7) is 4.08. The molecule has 0 saturated heterocycles. The Morgan fingerprint density at radius 1 is 0.490 bits per heavy atom. The molecule has 0 aromatic rings. The van der Waals surface area contributed by atoms with Crippen molar-refractivity contribution in [2.75, 3.05) is 6.61 Å². The van der Waals surface area contributed by atoms with Gasteiger partial charge >= 0.3 is 0 Å². The van der Waals surface area contributed by atoms with E-state index in [-0.39, 0.29) is 6.61 Å². The van der Waals surface area contributed by atoms with E-state index in [1.54, 1.807) is 6.08 Å². The minimum absolute atomic E-state index is 0.385. The molecule has 0 rings (SSSR count). The SMILES string of the molecule is CCC/C=C/CC/C=C/CC/C=C/C(O)C(CO)NC(=O)C(O)CCCCCCCCCCCC/C=C\C/C=C\CCCCCCCCCCC. The summed E-state index contributed by atoms with van der Waals surface area (Å²) in [5.41, 5.74) is 0. The van der Waals surface area contributed by atoms with Crippen molar-refractivity contribution < 1.29 is 20.1 Å². The lowest BCUT2D eigenvalue weighted by Gasteiger charge is -2.21. The summed E-state index contributed by atoms with van der Waals surface area (Å²) < 4.78 is 0. The molecule has 0 saturated carbocycles. The largest absolute Gasteiger partial charge is 0.394 e. The number of aliphatic hydroxyl groups excluding tert-OH is 3. The van der Waals surface area contributed by atoms with Crippen molar-refractivity contribution in [3.63, 3.8) is 0 Å². The fourth-order valence-electron chi connectivity index (χ4n) is 6.14. The number of amides is 1. The first-order valence-corrected chi connectivity index (χ1v) is 21.6. The fourth-order valence-corrected chi connectivity index (χ4v) is 6.14. The third-order valence-corrected chi connectivity index (χ3v) is 9.54. The Labute approximate surface area is 316 Å². The van der Waals surface area contributed by atoms with Gasteiger partial charge in [-0.15, -0.1) is 0 Å². The van der Waals surface area contributed by atoms with Crippen LogP contribution in [0.1, 0.15) is 200 Å². The lowest BCUT2D eigenvalue weighted by molar-refractivity contribution is -0.131. The van der Waals surface area contributed by atoms with Crippen molar-refractivity contribution in [2.45, 2.75) is 218 Å². The number of carbonyl (C=O) groups excluding carboxylic acids is 1. The zero-order chi connectivity index (χ0) is 37.3. The Bertz CT molecular complexity index is 876. The van der Waals surface area contributed by atoms with Crippen LogP contribution in [0.25, 0.3) is 0 Å². The average Bonchev–Trinajstić information content (AvgIpc) is 3.13. The van der Waals surface area contributed by atoms with Crippen LogP contribution in [0.5, 0.6) is 0 Å². The van der Waals surface area contributed by atoms with Crippen LogP contribution in [0.2, 0.25) is 0 Å². The minimum atomic E-state index is -1.11. The topological polar surface area (TPSA) is 89.8 Å². The lowest BCUT2D eigenvalue weighted by atomic mass is 10.0. The van der Waals surface area contributed by atoms with Gasteiger partial charge in [-0.2, -0.15) is 0 Å². The molecule has 3 unspecified atom stereocenters. The Kier molecular flexibility index (Phi) is 39.3. The van der Waals surface area contributed by atoms with Crippen LogP contribution < -0.4 is 5.32 Å². The molecule has 51 heavy (non-hydrogen) atoms. The molecule has 0 aliphatic rings. The van der Waals surface area contributed by atoms with Gasteiger partial charge in [-0.25, -0.2) is 0 Å². The van der Waals surface area contributed by atoms with Gasteiger partial charge in [0.2, 0.25) is 5.91 Å². The number of allylic oxidation sites excluding steroid dienone is 9. The molecule has 0 spiro atoms. The van der Waals surface area contributed by atoms with Crippen LogP contribution in [-0.4, -0.2) is 46.1 Å². The highest BCUT2D eigenvalue weighted by Crippen LogP contribution is 2.14. The molecule has 0 fully saturated rings. The summed E-state index contributed by atoms with van der Waals surface area (Å²) in [6, 6.07) is -0.823. The standard InChI is InChI=1S/C46H83NO4/c1-3-5-7-9-11-13-15-16-17-18-19-20-21-22-23-24-25-26-27-28-29-31-33-35-37-39-41-45(50)46(51)47-43(42-48)44(49)40-38-36-34-32-30-14-12-10-8-6-4-2/h8,10,19-20,22-23,30,32,38,40,43-45,48-50H,3-7,9,11-18,21,24-29,31,33-37,39,41-42H2,1-2H3,(H,47,51)/b10-8+,20-19-,23-22-,32-30+,40-38+. The number of hydrogen-bond acceptors (Lipinski definition) is 4. The molecule has 0 bridgehead atoms. The van der Waals surface area contributed by atoms with Crippen LogP contribution >= 0.6 is 0 Å². The summed E-state index contributed by atoms with van der Waals surface area (Å²) in [4.78, 5) is 12.4. The number of unbranched alkanes of at least 4 members (excludes halogenated alkanes) is 22. The Hall–Kier alpha value is -1.95. The van der Waals surface area contributed by atoms with Gasteiger partial charge in [-0.1, -0.05) is 190 Å². The monoisotopic (exact) mass is 714 g/mol. The van der Waals surface area contributed by atoms with Gasteiger partial charge in [0.15, 0.2) is 0 Å². The van der Waals surface area contributed by atoms with E-state index in [9.17, 15) is 20.1 Å². The van der Waals surface area contributed by atoms with E-state index in [1.807, 2.05) is 6.08 Å². The highest BCUT2D eigenvalue weighted by Gasteiger charge is 2.22. The molecule has 3 atom stereocenters. The molecule has 4 N–H and O–H groups in total. The Morgan fingerprint density at radius 2 is 0.902 bits per heavy atom. The number of rotatable bonds is 38. The fraction of sp³-hybridized carbons (Fsp3) is 0.761. The maximum atomic E-state index is 12.4. The third-order valence-electron chi connectivity index (χ3n) is 9.54. The van der Waals surface area contributed by atoms with Crippen molar-refractivity contribution in [3.05, 3.63) is 60.8 Å². The highest BCUT2D eigenvalue weighted by molar-refractivity contribution is 5.80. The normalized spacial score (nSPS) is 14.2. The van der Waals surface area contributed by atoms with Crippen LogP contribution in [0.4, 0.5) is 0 Å². The summed E-state index contributed by atoms with van der Waals surface area (Å²) in [5, 5.41) is 33.0. The van der Waals surface area contributed by atoms with Crippen LogP contribution in [0, 0.1) is 0 Å². The summed E-state index contributed by atoms with van der Waals surface area (Å²) in [6.07, 6.45) is 54.0. The van der Waals surface area contributed by atoms with Gasteiger partial charge in [-0.05, 0) is 70.6 Å². The lowest BCUT2D eigenvalue weighted by Crippen LogP contribution is -2.48. The van der Waals surface area contributed by atoms with Gasteiger partial charge in [0, 0.05) is 0 Å². The van der Waals surface area contributed by atoms with E-state index in [2.05, 4.69) is 67.8 Å². The van der Waals surface area contributed by atoms with Crippen LogP contribution in [-0.2, 0) is 4.79 Å². The van der Waals surface area contributed by atoms with Gasteiger partial charge in [0.05, 0.1) is 18.8 Å². The van der Waals surface area contributed by atoms with E-state index in [0.717, 1.165) is 57.8 Å². The quantitative estimate of drug-likeness (QED) is 0.0379. The number of nitrogens with one attached hydrogen (secondary N) is 1. The average molecular weight is 714 g/mol. The smallest absolute Gasteiger partial charge is 0.249 e. The summed E-state index contributed by atoms with van der Waals surface area (Å²) in [7, 11) is 0. The van der Waals surface area contributed by atoms with Crippen molar-refractivity contribution >= 4 is 5.91 Å². The first kappa shape index (κ1) is 49.0. The van der Waals surface area contributed by atoms with E-state index >= 15 is 0 Å². The summed E-state index contributed by atoms with van der Waals surface area (Å²) >= 11 is 0. The zero-order valence-corrected chi connectivity index (χ0v) is 33.5. The van der Waals surface area contributed by atoms with Gasteiger partial charge in [0.1, 0.15) is 6.10 Å². The van der Waals surface area contributed by atoms with E-state index < -0.39 is 24.2 Å². The molecule has 0 aromatic carbocycles. The van der Waals surface area contributed by atoms with Gasteiger partial charge in [-0.3, -0.25) is 4.79 Å². The Morgan fingerprint density at radius 3 is 1.37 bits per heavy atom. The second kappa shape index (κ2) is 40.8. The van der Waals surface area contributed by atoms with Crippen LogP contribution in [0.15, 0.2) is 60.8 Å². The second-order valence-electron chi connectivity index (χ2n) is 14.5. The van der Waals surface area contributed by atoms with E-state index in [1.165, 1.54) is 122 Å².